The number of hydrogen-bond acceptors (Lipinski definition) is 3. The van der Waals surface area contributed by atoms with Gasteiger partial charge in [0.05, 0.1) is 6.10 Å². The second-order valence-electron chi connectivity index (χ2n) is 6.30. The van der Waals surface area contributed by atoms with Crippen molar-refractivity contribution in [3.05, 3.63) is 22.4 Å². The summed E-state index contributed by atoms with van der Waals surface area (Å²) in [5, 5.41) is 18.0. The first-order chi connectivity index (χ1) is 8.33. The van der Waals surface area contributed by atoms with Crippen LogP contribution in [0.4, 0.5) is 0 Å². The molecule has 2 atom stereocenters. The van der Waals surface area contributed by atoms with Gasteiger partial charge in [0.1, 0.15) is 0 Å². The second kappa shape index (κ2) is 6.69. The maximum Gasteiger partial charge on any atom is 0.0626 e. The summed E-state index contributed by atoms with van der Waals surface area (Å²) in [4.78, 5) is 0. The number of rotatable bonds is 7. The van der Waals surface area contributed by atoms with E-state index in [1.807, 2.05) is 0 Å². The van der Waals surface area contributed by atoms with Crippen LogP contribution in [0.25, 0.3) is 0 Å². The number of aliphatic hydroxyl groups is 1. The summed E-state index contributed by atoms with van der Waals surface area (Å²) in [5.74, 6) is 0.300. The van der Waals surface area contributed by atoms with Gasteiger partial charge in [-0.05, 0) is 41.7 Å². The number of thiophene rings is 1. The van der Waals surface area contributed by atoms with E-state index in [2.05, 4.69) is 56.8 Å². The number of nitrogens with one attached hydrogen (secondary N) is 1. The van der Waals surface area contributed by atoms with Crippen molar-refractivity contribution >= 4 is 11.3 Å². The van der Waals surface area contributed by atoms with Crippen LogP contribution in [-0.2, 0) is 6.42 Å². The Kier molecular flexibility index (Phi) is 5.83. The Morgan fingerprint density at radius 3 is 2.50 bits per heavy atom. The Bertz CT molecular complexity index is 332. The summed E-state index contributed by atoms with van der Waals surface area (Å²) in [6, 6.07) is 2.62. The molecule has 0 bridgehead atoms. The van der Waals surface area contributed by atoms with Crippen molar-refractivity contribution in [2.75, 3.05) is 6.54 Å². The SMILES string of the molecule is CC(Cc1ccsc1)NCC(C)(C)C(O)C(C)C. The highest BCUT2D eigenvalue weighted by atomic mass is 32.1. The summed E-state index contributed by atoms with van der Waals surface area (Å²) in [6.07, 6.45) is 0.788. The van der Waals surface area contributed by atoms with E-state index >= 15 is 0 Å². The topological polar surface area (TPSA) is 32.3 Å². The van der Waals surface area contributed by atoms with Crippen LogP contribution in [0.5, 0.6) is 0 Å². The Hall–Kier alpha value is -0.380. The van der Waals surface area contributed by atoms with Gasteiger partial charge in [-0.2, -0.15) is 11.3 Å². The highest BCUT2D eigenvalue weighted by Crippen LogP contribution is 2.25. The van der Waals surface area contributed by atoms with E-state index in [1.165, 1.54) is 5.56 Å². The van der Waals surface area contributed by atoms with Gasteiger partial charge in [0.25, 0.3) is 0 Å². The van der Waals surface area contributed by atoms with Crippen molar-refractivity contribution in [1.29, 1.82) is 0 Å². The van der Waals surface area contributed by atoms with Crippen molar-refractivity contribution in [2.24, 2.45) is 11.3 Å². The molecule has 2 N–H and O–H groups in total. The van der Waals surface area contributed by atoms with Crippen molar-refractivity contribution in [3.63, 3.8) is 0 Å². The van der Waals surface area contributed by atoms with E-state index in [1.54, 1.807) is 11.3 Å². The first kappa shape index (κ1) is 15.7. The van der Waals surface area contributed by atoms with Crippen LogP contribution in [0.2, 0.25) is 0 Å². The molecule has 18 heavy (non-hydrogen) atoms. The van der Waals surface area contributed by atoms with Gasteiger partial charge in [0.15, 0.2) is 0 Å². The average molecular weight is 269 g/mol. The van der Waals surface area contributed by atoms with Gasteiger partial charge in [-0.15, -0.1) is 0 Å². The maximum atomic E-state index is 10.2. The number of hydrogen-bond donors (Lipinski definition) is 2. The Labute approximate surface area is 115 Å². The third kappa shape index (κ3) is 4.71. The summed E-state index contributed by atoms with van der Waals surface area (Å²) in [6.45, 7) is 11.4. The van der Waals surface area contributed by atoms with Crippen molar-refractivity contribution < 1.29 is 5.11 Å². The molecule has 1 aromatic rings. The van der Waals surface area contributed by atoms with Crippen LogP contribution in [0.15, 0.2) is 16.8 Å². The largest absolute Gasteiger partial charge is 0.392 e. The average Bonchev–Trinajstić information content (AvgIpc) is 2.78. The molecule has 2 nitrogen and oxygen atoms in total. The Morgan fingerprint density at radius 2 is 2.00 bits per heavy atom. The van der Waals surface area contributed by atoms with E-state index in [9.17, 15) is 5.11 Å². The monoisotopic (exact) mass is 269 g/mol. The summed E-state index contributed by atoms with van der Waals surface area (Å²) >= 11 is 1.75. The molecular formula is C15H27NOS. The molecule has 0 saturated carbocycles. The third-order valence-electron chi connectivity index (χ3n) is 3.46. The normalized spacial score (nSPS) is 15.9. The molecule has 0 fully saturated rings. The molecule has 0 aromatic carbocycles. The van der Waals surface area contributed by atoms with Crippen molar-refractivity contribution in [2.45, 2.75) is 53.2 Å². The first-order valence-electron chi connectivity index (χ1n) is 6.75. The lowest BCUT2D eigenvalue weighted by Crippen LogP contribution is -2.44. The highest BCUT2D eigenvalue weighted by molar-refractivity contribution is 7.07. The lowest BCUT2D eigenvalue weighted by Gasteiger charge is -2.34. The molecule has 0 aliphatic heterocycles. The zero-order chi connectivity index (χ0) is 13.8. The maximum absolute atomic E-state index is 10.2. The van der Waals surface area contributed by atoms with Gasteiger partial charge in [-0.3, -0.25) is 0 Å². The number of aliphatic hydroxyl groups excluding tert-OH is 1. The van der Waals surface area contributed by atoms with E-state index in [0.717, 1.165) is 13.0 Å². The van der Waals surface area contributed by atoms with Crippen LogP contribution in [-0.4, -0.2) is 23.8 Å². The van der Waals surface area contributed by atoms with E-state index < -0.39 is 0 Å². The lowest BCUT2D eigenvalue weighted by atomic mass is 9.80. The van der Waals surface area contributed by atoms with E-state index in [0.29, 0.717) is 12.0 Å². The van der Waals surface area contributed by atoms with Crippen LogP contribution in [0.1, 0.15) is 40.2 Å². The molecular weight excluding hydrogens is 242 g/mol. The van der Waals surface area contributed by atoms with Crippen LogP contribution < -0.4 is 5.32 Å². The fourth-order valence-corrected chi connectivity index (χ4v) is 2.96. The fourth-order valence-electron chi connectivity index (χ4n) is 2.28. The zero-order valence-electron chi connectivity index (χ0n) is 12.2. The van der Waals surface area contributed by atoms with Crippen molar-refractivity contribution in [1.82, 2.24) is 5.32 Å². The third-order valence-corrected chi connectivity index (χ3v) is 4.19. The molecule has 1 aromatic heterocycles. The fraction of sp³-hybridized carbons (Fsp3) is 0.733. The summed E-state index contributed by atoms with van der Waals surface area (Å²) < 4.78 is 0. The van der Waals surface area contributed by atoms with E-state index in [-0.39, 0.29) is 11.5 Å². The molecule has 0 aliphatic rings. The van der Waals surface area contributed by atoms with Gasteiger partial charge >= 0.3 is 0 Å². The zero-order valence-corrected chi connectivity index (χ0v) is 13.1. The Balaban J connectivity index is 2.39. The smallest absolute Gasteiger partial charge is 0.0626 e. The highest BCUT2D eigenvalue weighted by Gasteiger charge is 2.30. The molecule has 2 unspecified atom stereocenters. The first-order valence-corrected chi connectivity index (χ1v) is 7.69. The molecule has 0 amide bonds. The van der Waals surface area contributed by atoms with Crippen LogP contribution >= 0.6 is 11.3 Å². The predicted octanol–water partition coefficient (Wildman–Crippen LogP) is 3.31. The van der Waals surface area contributed by atoms with Gasteiger partial charge in [0.2, 0.25) is 0 Å². The molecule has 0 radical (unpaired) electrons. The quantitative estimate of drug-likeness (QED) is 0.796. The molecule has 104 valence electrons. The summed E-state index contributed by atoms with van der Waals surface area (Å²) in [7, 11) is 0. The van der Waals surface area contributed by atoms with Gasteiger partial charge in [-0.1, -0.05) is 27.7 Å². The van der Waals surface area contributed by atoms with Crippen molar-refractivity contribution in [3.8, 4) is 0 Å². The molecule has 0 spiro atoms. The van der Waals surface area contributed by atoms with Gasteiger partial charge in [0, 0.05) is 18.0 Å². The second-order valence-corrected chi connectivity index (χ2v) is 7.08. The minimum Gasteiger partial charge on any atom is -0.392 e. The van der Waals surface area contributed by atoms with Crippen LogP contribution in [0, 0.1) is 11.3 Å². The Morgan fingerprint density at radius 1 is 1.33 bits per heavy atom. The molecule has 1 heterocycles. The minimum atomic E-state index is -0.265. The minimum absolute atomic E-state index is 0.0862. The molecule has 1 rings (SSSR count). The molecule has 0 saturated heterocycles. The standard InChI is InChI=1S/C15H27NOS/c1-11(2)14(17)15(4,5)10-16-12(3)8-13-6-7-18-9-13/h6-7,9,11-12,14,16-17H,8,10H2,1-5H3. The van der Waals surface area contributed by atoms with E-state index in [4.69, 9.17) is 0 Å². The van der Waals surface area contributed by atoms with Crippen LogP contribution in [0.3, 0.4) is 0 Å². The summed E-state index contributed by atoms with van der Waals surface area (Å²) in [5.41, 5.74) is 1.30. The van der Waals surface area contributed by atoms with Gasteiger partial charge in [-0.25, -0.2) is 0 Å². The van der Waals surface area contributed by atoms with Gasteiger partial charge < -0.3 is 10.4 Å². The lowest BCUT2D eigenvalue weighted by molar-refractivity contribution is 0.0124. The predicted molar refractivity (Wildman–Crippen MR) is 80.1 cm³/mol. The molecule has 0 aliphatic carbocycles. The molecule has 3 heteroatoms.